The topological polar surface area (TPSA) is 29.5 Å². The van der Waals surface area contributed by atoms with Gasteiger partial charge in [0.25, 0.3) is 0 Å². The number of ether oxygens (including phenoxy) is 1. The van der Waals surface area contributed by atoms with Crippen molar-refractivity contribution in [2.45, 2.75) is 26.9 Å². The Morgan fingerprint density at radius 1 is 1.05 bits per heavy atom. The Morgan fingerprint density at radius 3 is 2.20 bits per heavy atom. The standard InChI is InChI=1S/C17H19FO2/c1-10-5-6-15(20-4)14(7-10)17(19)16-11(2)8-13(18)9-12(16)3/h5-9,17,19H,1-4H3. The fourth-order valence-electron chi connectivity index (χ4n) is 2.58. The third-order valence-corrected chi connectivity index (χ3v) is 3.51. The maximum Gasteiger partial charge on any atom is 0.125 e. The second kappa shape index (κ2) is 5.63. The Morgan fingerprint density at radius 2 is 1.65 bits per heavy atom. The molecule has 0 aliphatic carbocycles. The molecule has 0 fully saturated rings. The summed E-state index contributed by atoms with van der Waals surface area (Å²) in [7, 11) is 1.57. The summed E-state index contributed by atoms with van der Waals surface area (Å²) in [6.45, 7) is 5.56. The molecular weight excluding hydrogens is 255 g/mol. The van der Waals surface area contributed by atoms with Gasteiger partial charge < -0.3 is 9.84 Å². The van der Waals surface area contributed by atoms with Crippen LogP contribution in [0.3, 0.4) is 0 Å². The van der Waals surface area contributed by atoms with Crippen LogP contribution in [0, 0.1) is 26.6 Å². The van der Waals surface area contributed by atoms with E-state index in [4.69, 9.17) is 4.74 Å². The van der Waals surface area contributed by atoms with E-state index in [1.807, 2.05) is 25.1 Å². The number of hydrogen-bond acceptors (Lipinski definition) is 2. The van der Waals surface area contributed by atoms with Crippen LogP contribution in [-0.2, 0) is 0 Å². The van der Waals surface area contributed by atoms with E-state index in [1.54, 1.807) is 21.0 Å². The maximum absolute atomic E-state index is 13.4. The van der Waals surface area contributed by atoms with Gasteiger partial charge in [0, 0.05) is 5.56 Å². The lowest BCUT2D eigenvalue weighted by Gasteiger charge is -2.20. The van der Waals surface area contributed by atoms with Crippen molar-refractivity contribution >= 4 is 0 Å². The smallest absolute Gasteiger partial charge is 0.125 e. The van der Waals surface area contributed by atoms with E-state index < -0.39 is 6.10 Å². The first-order valence-electron chi connectivity index (χ1n) is 6.53. The molecule has 0 aromatic heterocycles. The lowest BCUT2D eigenvalue weighted by Crippen LogP contribution is -2.07. The first kappa shape index (κ1) is 14.5. The molecule has 0 aliphatic rings. The van der Waals surface area contributed by atoms with E-state index in [2.05, 4.69) is 0 Å². The normalized spacial score (nSPS) is 12.3. The summed E-state index contributed by atoms with van der Waals surface area (Å²) in [6, 6.07) is 8.54. The van der Waals surface area contributed by atoms with Crippen molar-refractivity contribution in [3.05, 3.63) is 64.0 Å². The van der Waals surface area contributed by atoms with Crippen molar-refractivity contribution in [2.24, 2.45) is 0 Å². The highest BCUT2D eigenvalue weighted by molar-refractivity contribution is 5.47. The number of hydrogen-bond donors (Lipinski definition) is 1. The summed E-state index contributed by atoms with van der Waals surface area (Å²) >= 11 is 0. The van der Waals surface area contributed by atoms with Gasteiger partial charge in [-0.2, -0.15) is 0 Å². The summed E-state index contributed by atoms with van der Waals surface area (Å²) in [5, 5.41) is 10.7. The summed E-state index contributed by atoms with van der Waals surface area (Å²) in [5.41, 5.74) is 3.94. The maximum atomic E-state index is 13.4. The predicted octanol–water partition coefficient (Wildman–Crippen LogP) is 3.84. The van der Waals surface area contributed by atoms with Crippen molar-refractivity contribution in [1.82, 2.24) is 0 Å². The molecule has 0 saturated carbocycles. The molecule has 0 aliphatic heterocycles. The van der Waals surface area contributed by atoms with E-state index in [0.717, 1.165) is 22.3 Å². The molecule has 0 radical (unpaired) electrons. The molecule has 2 aromatic carbocycles. The van der Waals surface area contributed by atoms with E-state index in [0.29, 0.717) is 11.3 Å². The van der Waals surface area contributed by atoms with Gasteiger partial charge in [-0.05, 0) is 61.7 Å². The highest BCUT2D eigenvalue weighted by Crippen LogP contribution is 2.34. The lowest BCUT2D eigenvalue weighted by atomic mass is 9.92. The highest BCUT2D eigenvalue weighted by atomic mass is 19.1. The zero-order valence-corrected chi connectivity index (χ0v) is 12.2. The van der Waals surface area contributed by atoms with Gasteiger partial charge in [0.1, 0.15) is 17.7 Å². The number of halogens is 1. The van der Waals surface area contributed by atoms with E-state index in [-0.39, 0.29) is 5.82 Å². The van der Waals surface area contributed by atoms with Crippen LogP contribution in [-0.4, -0.2) is 12.2 Å². The highest BCUT2D eigenvalue weighted by Gasteiger charge is 2.20. The zero-order valence-electron chi connectivity index (χ0n) is 12.2. The quantitative estimate of drug-likeness (QED) is 0.921. The van der Waals surface area contributed by atoms with Crippen LogP contribution >= 0.6 is 0 Å². The van der Waals surface area contributed by atoms with Crippen molar-refractivity contribution < 1.29 is 14.2 Å². The van der Waals surface area contributed by atoms with Crippen LogP contribution in [0.5, 0.6) is 5.75 Å². The van der Waals surface area contributed by atoms with Gasteiger partial charge in [0.05, 0.1) is 7.11 Å². The molecule has 2 aromatic rings. The van der Waals surface area contributed by atoms with Gasteiger partial charge in [-0.15, -0.1) is 0 Å². The van der Waals surface area contributed by atoms with Crippen LogP contribution in [0.25, 0.3) is 0 Å². The first-order valence-corrected chi connectivity index (χ1v) is 6.53. The van der Waals surface area contributed by atoms with Crippen LogP contribution < -0.4 is 4.74 Å². The van der Waals surface area contributed by atoms with Gasteiger partial charge >= 0.3 is 0 Å². The largest absolute Gasteiger partial charge is 0.496 e. The van der Waals surface area contributed by atoms with Crippen molar-refractivity contribution in [3.8, 4) is 5.75 Å². The Labute approximate surface area is 118 Å². The molecule has 2 nitrogen and oxygen atoms in total. The SMILES string of the molecule is COc1ccc(C)cc1C(O)c1c(C)cc(F)cc1C. The number of methoxy groups -OCH3 is 1. The van der Waals surface area contributed by atoms with E-state index in [9.17, 15) is 9.50 Å². The molecule has 2 rings (SSSR count). The van der Waals surface area contributed by atoms with Crippen LogP contribution in [0.15, 0.2) is 30.3 Å². The zero-order chi connectivity index (χ0) is 14.9. The molecule has 1 atom stereocenters. The Balaban J connectivity index is 2.57. The van der Waals surface area contributed by atoms with Gasteiger partial charge in [-0.3, -0.25) is 0 Å². The summed E-state index contributed by atoms with van der Waals surface area (Å²) in [5.74, 6) is 0.346. The average Bonchev–Trinajstić information content (AvgIpc) is 2.37. The number of aliphatic hydroxyl groups excluding tert-OH is 1. The Kier molecular flexibility index (Phi) is 4.09. The summed E-state index contributed by atoms with van der Waals surface area (Å²) in [6.07, 6.45) is -0.828. The Hall–Kier alpha value is -1.87. The van der Waals surface area contributed by atoms with E-state index >= 15 is 0 Å². The number of benzene rings is 2. The minimum absolute atomic E-state index is 0.285. The fourth-order valence-corrected chi connectivity index (χ4v) is 2.58. The molecule has 0 heterocycles. The molecule has 1 N–H and O–H groups in total. The second-order valence-electron chi connectivity index (χ2n) is 5.10. The predicted molar refractivity (Wildman–Crippen MR) is 77.7 cm³/mol. The van der Waals surface area contributed by atoms with Crippen LogP contribution in [0.4, 0.5) is 4.39 Å². The summed E-state index contributed by atoms with van der Waals surface area (Å²) < 4.78 is 18.7. The van der Waals surface area contributed by atoms with Crippen LogP contribution in [0.2, 0.25) is 0 Å². The molecule has 20 heavy (non-hydrogen) atoms. The molecule has 0 amide bonds. The molecule has 3 heteroatoms. The van der Waals surface area contributed by atoms with E-state index in [1.165, 1.54) is 12.1 Å². The molecule has 0 spiro atoms. The third kappa shape index (κ3) is 2.68. The van der Waals surface area contributed by atoms with Crippen LogP contribution in [0.1, 0.15) is 33.9 Å². The Bertz CT molecular complexity index is 612. The summed E-state index contributed by atoms with van der Waals surface area (Å²) in [4.78, 5) is 0. The minimum Gasteiger partial charge on any atom is -0.496 e. The number of rotatable bonds is 3. The molecule has 106 valence electrons. The van der Waals surface area contributed by atoms with Crippen molar-refractivity contribution in [1.29, 1.82) is 0 Å². The van der Waals surface area contributed by atoms with Gasteiger partial charge in [-0.1, -0.05) is 11.6 Å². The molecule has 1 unspecified atom stereocenters. The van der Waals surface area contributed by atoms with Gasteiger partial charge in [0.15, 0.2) is 0 Å². The number of aryl methyl sites for hydroxylation is 3. The average molecular weight is 274 g/mol. The monoisotopic (exact) mass is 274 g/mol. The minimum atomic E-state index is -0.828. The van der Waals surface area contributed by atoms with Crippen molar-refractivity contribution in [3.63, 3.8) is 0 Å². The first-order chi connectivity index (χ1) is 9.43. The fraction of sp³-hybridized carbons (Fsp3) is 0.294. The number of aliphatic hydroxyl groups is 1. The van der Waals surface area contributed by atoms with Crippen molar-refractivity contribution in [2.75, 3.05) is 7.11 Å². The molecular formula is C17H19FO2. The van der Waals surface area contributed by atoms with Gasteiger partial charge in [0.2, 0.25) is 0 Å². The lowest BCUT2D eigenvalue weighted by molar-refractivity contribution is 0.213. The third-order valence-electron chi connectivity index (χ3n) is 3.51. The molecule has 0 saturated heterocycles. The molecule has 0 bridgehead atoms. The second-order valence-corrected chi connectivity index (χ2v) is 5.10. The van der Waals surface area contributed by atoms with Gasteiger partial charge in [-0.25, -0.2) is 4.39 Å².